The molecule has 138 valence electrons. The van der Waals surface area contributed by atoms with Crippen molar-refractivity contribution in [2.75, 3.05) is 5.32 Å². The lowest BCUT2D eigenvalue weighted by Gasteiger charge is -2.11. The van der Waals surface area contributed by atoms with E-state index in [9.17, 15) is 22.8 Å². The number of hydrogen-bond acceptors (Lipinski definition) is 3. The van der Waals surface area contributed by atoms with Crippen LogP contribution in [0.25, 0.3) is 6.08 Å². The van der Waals surface area contributed by atoms with Crippen LogP contribution in [0.15, 0.2) is 48.0 Å². The molecule has 0 spiro atoms. The maximum Gasteiger partial charge on any atom is 0.416 e. The van der Waals surface area contributed by atoms with E-state index in [1.807, 2.05) is 0 Å². The fraction of sp³-hybridized carbons (Fsp3) is 0.0556. The molecule has 0 bridgehead atoms. The highest BCUT2D eigenvalue weighted by molar-refractivity contribution is 6.34. The maximum absolute atomic E-state index is 12.8. The van der Waals surface area contributed by atoms with Crippen LogP contribution in [0.4, 0.5) is 18.9 Å². The van der Waals surface area contributed by atoms with Gasteiger partial charge in [0.1, 0.15) is 11.6 Å². The van der Waals surface area contributed by atoms with Crippen molar-refractivity contribution in [2.24, 2.45) is 0 Å². The van der Waals surface area contributed by atoms with Crippen LogP contribution in [0.2, 0.25) is 5.02 Å². The molecule has 0 aliphatic carbocycles. The van der Waals surface area contributed by atoms with E-state index in [0.29, 0.717) is 11.6 Å². The predicted octanol–water partition coefficient (Wildman–Crippen LogP) is 4.60. The molecule has 0 aliphatic rings. The van der Waals surface area contributed by atoms with Crippen LogP contribution in [0.3, 0.4) is 0 Å². The van der Waals surface area contributed by atoms with Crippen LogP contribution in [-0.2, 0) is 11.0 Å². The molecule has 2 N–H and O–H groups in total. The third kappa shape index (κ3) is 5.09. The van der Waals surface area contributed by atoms with Gasteiger partial charge >= 0.3 is 12.1 Å². The van der Waals surface area contributed by atoms with Gasteiger partial charge in [0.05, 0.1) is 21.8 Å². The number of nitrogens with one attached hydrogen (secondary N) is 1. The van der Waals surface area contributed by atoms with Crippen molar-refractivity contribution in [1.29, 1.82) is 5.26 Å². The minimum atomic E-state index is -4.62. The Kier molecular flexibility index (Phi) is 5.88. The smallest absolute Gasteiger partial charge is 0.416 e. The normalized spacial score (nSPS) is 11.6. The van der Waals surface area contributed by atoms with E-state index in [0.717, 1.165) is 12.1 Å². The molecule has 0 aliphatic heterocycles. The zero-order chi connectivity index (χ0) is 20.2. The summed E-state index contributed by atoms with van der Waals surface area (Å²) >= 11 is 5.81. The molecule has 2 rings (SSSR count). The van der Waals surface area contributed by atoms with E-state index in [1.54, 1.807) is 6.07 Å². The van der Waals surface area contributed by atoms with E-state index in [1.165, 1.54) is 30.3 Å². The summed E-state index contributed by atoms with van der Waals surface area (Å²) in [6.45, 7) is 0. The average Bonchev–Trinajstić information content (AvgIpc) is 2.60. The zero-order valence-corrected chi connectivity index (χ0v) is 14.1. The van der Waals surface area contributed by atoms with Gasteiger partial charge in [-0.3, -0.25) is 4.79 Å². The van der Waals surface area contributed by atoms with Gasteiger partial charge in [-0.1, -0.05) is 23.7 Å². The summed E-state index contributed by atoms with van der Waals surface area (Å²) in [6.07, 6.45) is -3.45. The Morgan fingerprint density at radius 2 is 1.78 bits per heavy atom. The number of anilines is 1. The third-order valence-corrected chi connectivity index (χ3v) is 3.71. The Morgan fingerprint density at radius 1 is 1.15 bits per heavy atom. The predicted molar refractivity (Wildman–Crippen MR) is 92.1 cm³/mol. The average molecular weight is 395 g/mol. The Hall–Kier alpha value is -3.31. The summed E-state index contributed by atoms with van der Waals surface area (Å²) in [7, 11) is 0. The van der Waals surface area contributed by atoms with Gasteiger partial charge in [0.2, 0.25) is 0 Å². The topological polar surface area (TPSA) is 90.2 Å². The number of aromatic carboxylic acids is 1. The number of amides is 1. The number of carbonyl (C=O) groups is 2. The van der Waals surface area contributed by atoms with Crippen molar-refractivity contribution >= 4 is 35.2 Å². The van der Waals surface area contributed by atoms with Crippen molar-refractivity contribution in [3.8, 4) is 6.07 Å². The van der Waals surface area contributed by atoms with Gasteiger partial charge < -0.3 is 10.4 Å². The van der Waals surface area contributed by atoms with Crippen LogP contribution in [0, 0.1) is 11.3 Å². The number of halogens is 4. The second-order valence-electron chi connectivity index (χ2n) is 5.24. The molecule has 0 unspecified atom stereocenters. The molecular formula is C18H10ClF3N2O3. The molecule has 5 nitrogen and oxygen atoms in total. The maximum atomic E-state index is 12.8. The molecule has 1 amide bonds. The minimum Gasteiger partial charge on any atom is -0.478 e. The van der Waals surface area contributed by atoms with Crippen molar-refractivity contribution in [2.45, 2.75) is 6.18 Å². The number of carbonyl (C=O) groups excluding carboxylic acids is 1. The van der Waals surface area contributed by atoms with Gasteiger partial charge in [-0.05, 0) is 42.0 Å². The number of hydrogen-bond donors (Lipinski definition) is 2. The molecule has 0 atom stereocenters. The number of benzene rings is 2. The zero-order valence-electron chi connectivity index (χ0n) is 13.3. The molecule has 0 fully saturated rings. The van der Waals surface area contributed by atoms with Crippen molar-refractivity contribution in [3.05, 3.63) is 69.8 Å². The second-order valence-corrected chi connectivity index (χ2v) is 5.65. The first-order chi connectivity index (χ1) is 12.6. The lowest BCUT2D eigenvalue weighted by molar-refractivity contribution is -0.137. The van der Waals surface area contributed by atoms with Crippen molar-refractivity contribution < 1.29 is 27.9 Å². The first kappa shape index (κ1) is 20.0. The van der Waals surface area contributed by atoms with Crippen molar-refractivity contribution in [3.63, 3.8) is 0 Å². The first-order valence-electron chi connectivity index (χ1n) is 7.25. The van der Waals surface area contributed by atoms with E-state index in [-0.39, 0.29) is 16.3 Å². The van der Waals surface area contributed by atoms with Crippen LogP contribution in [0.5, 0.6) is 0 Å². The van der Waals surface area contributed by atoms with E-state index < -0.39 is 29.2 Å². The highest BCUT2D eigenvalue weighted by atomic mass is 35.5. The number of nitrogens with zero attached hydrogens (tertiary/aromatic N) is 1. The molecule has 0 saturated carbocycles. The fourth-order valence-corrected chi connectivity index (χ4v) is 2.19. The number of rotatable bonds is 4. The minimum absolute atomic E-state index is 0.0193. The molecule has 2 aromatic carbocycles. The van der Waals surface area contributed by atoms with Gasteiger partial charge in [-0.15, -0.1) is 0 Å². The second kappa shape index (κ2) is 7.93. The number of alkyl halides is 3. The lowest BCUT2D eigenvalue weighted by Crippen LogP contribution is -2.15. The monoisotopic (exact) mass is 394 g/mol. The van der Waals surface area contributed by atoms with E-state index in [2.05, 4.69) is 5.32 Å². The molecule has 0 radical (unpaired) electrons. The highest BCUT2D eigenvalue weighted by Gasteiger charge is 2.31. The van der Waals surface area contributed by atoms with E-state index >= 15 is 0 Å². The largest absolute Gasteiger partial charge is 0.478 e. The summed E-state index contributed by atoms with van der Waals surface area (Å²) < 4.78 is 38.3. The van der Waals surface area contributed by atoms with Gasteiger partial charge in [-0.2, -0.15) is 18.4 Å². The number of nitriles is 1. The standard InChI is InChI=1S/C18H10ClF3N2O3/c19-14-6-5-13(18(20,21)22)8-15(14)24-16(25)12(9-23)7-10-1-3-11(4-2-10)17(26)27/h1-8H,(H,24,25)(H,26,27)/b12-7+. The van der Waals surface area contributed by atoms with Gasteiger partial charge in [0.25, 0.3) is 5.91 Å². The molecule has 27 heavy (non-hydrogen) atoms. The Bertz CT molecular complexity index is 961. The van der Waals surface area contributed by atoms with Gasteiger partial charge in [-0.25, -0.2) is 4.79 Å². The molecule has 0 aromatic heterocycles. The highest BCUT2D eigenvalue weighted by Crippen LogP contribution is 2.34. The lowest BCUT2D eigenvalue weighted by atomic mass is 10.1. The molecule has 2 aromatic rings. The van der Waals surface area contributed by atoms with Gasteiger partial charge in [0, 0.05) is 0 Å². The summed E-state index contributed by atoms with van der Waals surface area (Å²) in [6, 6.07) is 9.38. The Morgan fingerprint density at radius 3 is 2.30 bits per heavy atom. The van der Waals surface area contributed by atoms with Gasteiger partial charge in [0.15, 0.2) is 0 Å². The number of carboxylic acid groups (broad SMARTS) is 1. The quantitative estimate of drug-likeness (QED) is 0.585. The molecule has 9 heteroatoms. The van der Waals surface area contributed by atoms with Crippen LogP contribution in [0.1, 0.15) is 21.5 Å². The summed E-state index contributed by atoms with van der Waals surface area (Å²) in [5.41, 5.74) is -1.31. The third-order valence-electron chi connectivity index (χ3n) is 3.38. The van der Waals surface area contributed by atoms with Crippen molar-refractivity contribution in [1.82, 2.24) is 0 Å². The SMILES string of the molecule is N#C/C(=C\c1ccc(C(=O)O)cc1)C(=O)Nc1cc(C(F)(F)F)ccc1Cl. The molecule has 0 heterocycles. The Balaban J connectivity index is 2.27. The summed E-state index contributed by atoms with van der Waals surface area (Å²) in [4.78, 5) is 23.0. The molecule has 0 saturated heterocycles. The first-order valence-corrected chi connectivity index (χ1v) is 7.63. The molecular weight excluding hydrogens is 385 g/mol. The van der Waals surface area contributed by atoms with Crippen LogP contribution >= 0.6 is 11.6 Å². The fourth-order valence-electron chi connectivity index (χ4n) is 2.02. The van der Waals surface area contributed by atoms with E-state index in [4.69, 9.17) is 22.0 Å². The summed E-state index contributed by atoms with van der Waals surface area (Å²) in [5.74, 6) is -2.09. The Labute approximate surface area is 156 Å². The van der Waals surface area contributed by atoms with Crippen LogP contribution < -0.4 is 5.32 Å². The summed E-state index contributed by atoms with van der Waals surface area (Å²) in [5, 5.41) is 20.0. The van der Waals surface area contributed by atoms with Crippen LogP contribution in [-0.4, -0.2) is 17.0 Å². The number of carboxylic acids is 1.